The van der Waals surface area contributed by atoms with E-state index in [0.29, 0.717) is 5.69 Å². The van der Waals surface area contributed by atoms with Crippen LogP contribution < -0.4 is 5.32 Å². The van der Waals surface area contributed by atoms with Crippen molar-refractivity contribution >= 4 is 45.5 Å². The molecular formula is C19H18N4O2S2. The van der Waals surface area contributed by atoms with Crippen molar-refractivity contribution in [2.45, 2.75) is 27.0 Å². The number of thiophene rings is 1. The summed E-state index contributed by atoms with van der Waals surface area (Å²) in [6.07, 6.45) is 1.31. The average molecular weight is 399 g/mol. The second-order valence-corrected chi connectivity index (χ2v) is 7.97. The lowest BCUT2D eigenvalue weighted by Crippen LogP contribution is -2.13. The second kappa shape index (κ2) is 7.50. The van der Waals surface area contributed by atoms with Gasteiger partial charge in [0.15, 0.2) is 0 Å². The highest BCUT2D eigenvalue weighted by Gasteiger charge is 2.13. The number of rotatable bonds is 5. The Hall–Kier alpha value is -2.71. The van der Waals surface area contributed by atoms with Gasteiger partial charge in [-0.15, -0.1) is 22.7 Å². The normalized spacial score (nSPS) is 11.0. The fraction of sp³-hybridized carbons (Fsp3) is 0.211. The zero-order valence-corrected chi connectivity index (χ0v) is 16.6. The van der Waals surface area contributed by atoms with Gasteiger partial charge in [-0.25, -0.2) is 14.8 Å². The molecule has 3 heterocycles. The molecule has 4 aromatic rings. The molecule has 0 saturated carbocycles. The van der Waals surface area contributed by atoms with Crippen molar-refractivity contribution in [2.24, 2.45) is 0 Å². The van der Waals surface area contributed by atoms with Crippen LogP contribution in [0.15, 0.2) is 42.0 Å². The number of imidazole rings is 1. The lowest BCUT2D eigenvalue weighted by Gasteiger charge is -2.07. The van der Waals surface area contributed by atoms with Crippen molar-refractivity contribution in [1.82, 2.24) is 14.5 Å². The van der Waals surface area contributed by atoms with Crippen LogP contribution in [0.25, 0.3) is 20.9 Å². The number of nitrogens with one attached hydrogen (secondary N) is 1. The van der Waals surface area contributed by atoms with Gasteiger partial charge in [0.2, 0.25) is 0 Å². The van der Waals surface area contributed by atoms with Gasteiger partial charge in [0.05, 0.1) is 32.8 Å². The first kappa shape index (κ1) is 17.7. The molecule has 0 unspecified atom stereocenters. The van der Waals surface area contributed by atoms with Gasteiger partial charge in [0, 0.05) is 12.2 Å². The number of aryl methyl sites for hydroxylation is 2. The van der Waals surface area contributed by atoms with Gasteiger partial charge in [-0.2, -0.15) is 0 Å². The summed E-state index contributed by atoms with van der Waals surface area (Å²) in [6, 6.07) is 9.68. The Kier molecular flexibility index (Phi) is 4.91. The van der Waals surface area contributed by atoms with Crippen LogP contribution in [0, 0.1) is 6.92 Å². The van der Waals surface area contributed by atoms with E-state index >= 15 is 0 Å². The van der Waals surface area contributed by atoms with E-state index in [1.165, 1.54) is 0 Å². The summed E-state index contributed by atoms with van der Waals surface area (Å²) < 4.78 is 7.43. The molecule has 27 heavy (non-hydrogen) atoms. The second-order valence-electron chi connectivity index (χ2n) is 5.94. The van der Waals surface area contributed by atoms with Crippen LogP contribution >= 0.6 is 22.7 Å². The number of amides is 1. The van der Waals surface area contributed by atoms with Gasteiger partial charge in [0.1, 0.15) is 11.6 Å². The van der Waals surface area contributed by atoms with Crippen LogP contribution in [0.1, 0.15) is 17.5 Å². The maximum atomic E-state index is 12.2. The Labute approximate surface area is 164 Å². The molecule has 0 saturated heterocycles. The average Bonchev–Trinajstić information content (AvgIpc) is 3.39. The molecule has 0 radical (unpaired) electrons. The molecule has 6 nitrogen and oxygen atoms in total. The molecule has 0 spiro atoms. The van der Waals surface area contributed by atoms with Crippen LogP contribution in [-0.4, -0.2) is 20.6 Å². The summed E-state index contributed by atoms with van der Waals surface area (Å²) in [7, 11) is 0. The van der Waals surface area contributed by atoms with Crippen molar-refractivity contribution < 1.29 is 9.53 Å². The van der Waals surface area contributed by atoms with E-state index in [1.807, 2.05) is 42.6 Å². The summed E-state index contributed by atoms with van der Waals surface area (Å²) in [4.78, 5) is 23.2. The first-order valence-corrected chi connectivity index (χ1v) is 10.2. The summed E-state index contributed by atoms with van der Waals surface area (Å²) in [5.74, 6) is 0. The van der Waals surface area contributed by atoms with Crippen molar-refractivity contribution in [3.63, 3.8) is 0 Å². The molecule has 0 bridgehead atoms. The summed E-state index contributed by atoms with van der Waals surface area (Å²) in [5, 5.41) is 5.74. The maximum Gasteiger partial charge on any atom is 0.411 e. The predicted octanol–water partition coefficient (Wildman–Crippen LogP) is 5.30. The van der Waals surface area contributed by atoms with Crippen molar-refractivity contribution in [1.29, 1.82) is 0 Å². The van der Waals surface area contributed by atoms with Gasteiger partial charge in [-0.3, -0.25) is 5.32 Å². The molecule has 4 rings (SSSR count). The number of benzene rings is 1. The Bertz CT molecular complexity index is 1080. The molecule has 1 N–H and O–H groups in total. The largest absolute Gasteiger partial charge is 0.444 e. The molecule has 1 amide bonds. The number of carbonyl (C=O) groups is 1. The topological polar surface area (TPSA) is 69.0 Å². The third-order valence-corrected chi connectivity index (χ3v) is 6.34. The molecule has 0 aliphatic heterocycles. The molecular weight excluding hydrogens is 380 g/mol. The molecule has 3 aromatic heterocycles. The Morgan fingerprint density at radius 3 is 3.00 bits per heavy atom. The smallest absolute Gasteiger partial charge is 0.411 e. The lowest BCUT2D eigenvalue weighted by molar-refractivity contribution is 0.156. The number of anilines is 1. The fourth-order valence-electron chi connectivity index (χ4n) is 2.75. The highest BCUT2D eigenvalue weighted by Crippen LogP contribution is 2.31. The summed E-state index contributed by atoms with van der Waals surface area (Å²) >= 11 is 3.20. The van der Waals surface area contributed by atoms with Gasteiger partial charge in [-0.1, -0.05) is 6.07 Å². The molecule has 0 atom stereocenters. The number of ether oxygens (including phenoxy) is 1. The minimum absolute atomic E-state index is 0.202. The van der Waals surface area contributed by atoms with Crippen molar-refractivity contribution in [3.8, 4) is 9.88 Å². The molecule has 1 aromatic carbocycles. The third-order valence-electron chi connectivity index (χ3n) is 4.17. The van der Waals surface area contributed by atoms with E-state index in [1.54, 1.807) is 29.0 Å². The monoisotopic (exact) mass is 398 g/mol. The SMILES string of the molecule is CCn1cnc2cc(NC(=O)OCc3sc(-c4cccs4)nc3C)ccc21. The molecule has 0 fully saturated rings. The fourth-order valence-corrected chi connectivity index (χ4v) is 4.52. The highest BCUT2D eigenvalue weighted by molar-refractivity contribution is 7.21. The van der Waals surface area contributed by atoms with Crippen LogP contribution in [0.2, 0.25) is 0 Å². The van der Waals surface area contributed by atoms with Gasteiger partial charge in [0.25, 0.3) is 0 Å². The minimum atomic E-state index is -0.491. The predicted molar refractivity (Wildman–Crippen MR) is 109 cm³/mol. The van der Waals surface area contributed by atoms with E-state index in [2.05, 4.69) is 26.8 Å². The van der Waals surface area contributed by atoms with Gasteiger partial charge >= 0.3 is 6.09 Å². The maximum absolute atomic E-state index is 12.2. The van der Waals surface area contributed by atoms with Gasteiger partial charge in [-0.05, 0) is 43.5 Å². The standard InChI is InChI=1S/C19H18N4O2S2/c1-3-23-11-20-14-9-13(6-7-15(14)23)22-19(24)25-10-17-12(2)21-18(27-17)16-5-4-8-26-16/h4-9,11H,3,10H2,1-2H3,(H,22,24). The summed E-state index contributed by atoms with van der Waals surface area (Å²) in [5.41, 5.74) is 3.43. The quantitative estimate of drug-likeness (QED) is 0.495. The Balaban J connectivity index is 1.40. The molecule has 138 valence electrons. The van der Waals surface area contributed by atoms with Crippen molar-refractivity contribution in [2.75, 3.05) is 5.32 Å². The number of thiazole rings is 1. The van der Waals surface area contributed by atoms with Crippen LogP contribution in [-0.2, 0) is 17.9 Å². The minimum Gasteiger partial charge on any atom is -0.444 e. The van der Waals surface area contributed by atoms with Crippen LogP contribution in [0.4, 0.5) is 10.5 Å². The van der Waals surface area contributed by atoms with E-state index in [-0.39, 0.29) is 6.61 Å². The van der Waals surface area contributed by atoms with Crippen molar-refractivity contribution in [3.05, 3.63) is 52.6 Å². The van der Waals surface area contributed by atoms with Crippen LogP contribution in [0.3, 0.4) is 0 Å². The number of carbonyl (C=O) groups excluding carboxylic acids is 1. The van der Waals surface area contributed by atoms with Gasteiger partial charge < -0.3 is 9.30 Å². The molecule has 0 aliphatic carbocycles. The Morgan fingerprint density at radius 2 is 2.22 bits per heavy atom. The first-order chi connectivity index (χ1) is 13.1. The zero-order valence-electron chi connectivity index (χ0n) is 14.9. The number of hydrogen-bond acceptors (Lipinski definition) is 6. The van der Waals surface area contributed by atoms with E-state index in [9.17, 15) is 4.79 Å². The molecule has 0 aliphatic rings. The highest BCUT2D eigenvalue weighted by atomic mass is 32.1. The number of nitrogens with zero attached hydrogens (tertiary/aromatic N) is 3. The zero-order chi connectivity index (χ0) is 18.8. The first-order valence-electron chi connectivity index (χ1n) is 8.53. The number of aromatic nitrogens is 3. The Morgan fingerprint density at radius 1 is 1.33 bits per heavy atom. The van der Waals surface area contributed by atoms with E-state index in [0.717, 1.165) is 38.0 Å². The summed E-state index contributed by atoms with van der Waals surface area (Å²) in [6.45, 7) is 5.05. The third kappa shape index (κ3) is 3.72. The number of hydrogen-bond donors (Lipinski definition) is 1. The van der Waals surface area contributed by atoms with E-state index < -0.39 is 6.09 Å². The molecule has 8 heteroatoms. The number of fused-ring (bicyclic) bond motifs is 1. The van der Waals surface area contributed by atoms with Crippen LogP contribution in [0.5, 0.6) is 0 Å². The lowest BCUT2D eigenvalue weighted by atomic mass is 10.2. The van der Waals surface area contributed by atoms with E-state index in [4.69, 9.17) is 4.74 Å².